The van der Waals surface area contributed by atoms with Crippen LogP contribution < -0.4 is 5.32 Å². The highest BCUT2D eigenvalue weighted by Crippen LogP contribution is 2.42. The lowest BCUT2D eigenvalue weighted by Crippen LogP contribution is -2.50. The van der Waals surface area contributed by atoms with E-state index in [-0.39, 0.29) is 0 Å². The molecule has 2 aromatic heterocycles. The molecule has 5 rings (SSSR count). The van der Waals surface area contributed by atoms with E-state index in [1.165, 1.54) is 0 Å². The number of hydrogen-bond donors (Lipinski definition) is 2. The predicted molar refractivity (Wildman–Crippen MR) is 122 cm³/mol. The molecule has 0 radical (unpaired) electrons. The smallest absolute Gasteiger partial charge is 0.405 e. The first kappa shape index (κ1) is 19.5. The Morgan fingerprint density at radius 1 is 0.903 bits per heavy atom. The summed E-state index contributed by atoms with van der Waals surface area (Å²) in [7, 11) is 0. The zero-order chi connectivity index (χ0) is 21.4. The Bertz CT molecular complexity index is 1270. The fourth-order valence-corrected chi connectivity index (χ4v) is 4.41. The largest absolute Gasteiger partial charge is 0.465 e. The zero-order valence-corrected chi connectivity index (χ0v) is 17.4. The molecule has 1 amide bonds. The number of nitrogens with zero attached hydrogens (tertiary/aromatic N) is 2. The van der Waals surface area contributed by atoms with Gasteiger partial charge in [0.25, 0.3) is 0 Å². The van der Waals surface area contributed by atoms with Crippen LogP contribution in [0.25, 0.3) is 33.4 Å². The van der Waals surface area contributed by atoms with Crippen LogP contribution in [-0.2, 0) is 5.54 Å². The van der Waals surface area contributed by atoms with Gasteiger partial charge in [-0.3, -0.25) is 0 Å². The standard InChI is InChI=1S/C25H20ClN3O2/c26-22-12-11-20-21(27-22)15-19(16-5-2-1-3-6-16)23(28-20)17-7-9-18(10-8-17)25(13-4-14-25)29-24(30)31/h1-3,5-12,15,29H,4,13-14H2,(H,30,31). The van der Waals surface area contributed by atoms with Gasteiger partial charge in [-0.15, -0.1) is 0 Å². The van der Waals surface area contributed by atoms with Crippen molar-refractivity contribution < 1.29 is 9.90 Å². The van der Waals surface area contributed by atoms with Crippen LogP contribution in [0.5, 0.6) is 0 Å². The van der Waals surface area contributed by atoms with Crippen LogP contribution in [0.4, 0.5) is 4.79 Å². The van der Waals surface area contributed by atoms with E-state index < -0.39 is 11.6 Å². The third kappa shape index (κ3) is 3.62. The number of carbonyl (C=O) groups is 1. The van der Waals surface area contributed by atoms with Gasteiger partial charge in [-0.2, -0.15) is 0 Å². The monoisotopic (exact) mass is 429 g/mol. The average Bonchev–Trinajstić information content (AvgIpc) is 2.76. The van der Waals surface area contributed by atoms with Gasteiger partial charge in [-0.25, -0.2) is 14.8 Å². The number of amides is 1. The highest BCUT2D eigenvalue weighted by molar-refractivity contribution is 6.29. The molecule has 1 aliphatic carbocycles. The summed E-state index contributed by atoms with van der Waals surface area (Å²) >= 11 is 6.10. The number of carboxylic acid groups (broad SMARTS) is 1. The molecule has 0 saturated heterocycles. The normalized spacial score (nSPS) is 14.7. The van der Waals surface area contributed by atoms with Crippen molar-refractivity contribution in [1.29, 1.82) is 0 Å². The molecule has 154 valence electrons. The molecule has 2 N–H and O–H groups in total. The first-order valence-electron chi connectivity index (χ1n) is 10.2. The minimum atomic E-state index is -0.988. The molecule has 2 heterocycles. The van der Waals surface area contributed by atoms with Gasteiger partial charge < -0.3 is 10.4 Å². The van der Waals surface area contributed by atoms with Crippen molar-refractivity contribution in [2.45, 2.75) is 24.8 Å². The van der Waals surface area contributed by atoms with Crippen molar-refractivity contribution in [2.24, 2.45) is 0 Å². The van der Waals surface area contributed by atoms with Crippen molar-refractivity contribution in [1.82, 2.24) is 15.3 Å². The van der Waals surface area contributed by atoms with Gasteiger partial charge in [0, 0.05) is 11.1 Å². The highest BCUT2D eigenvalue weighted by atomic mass is 35.5. The molecule has 31 heavy (non-hydrogen) atoms. The third-order valence-corrected chi connectivity index (χ3v) is 6.20. The Balaban J connectivity index is 1.62. The lowest BCUT2D eigenvalue weighted by atomic mass is 9.71. The second-order valence-electron chi connectivity index (χ2n) is 7.87. The summed E-state index contributed by atoms with van der Waals surface area (Å²) in [6.45, 7) is 0. The van der Waals surface area contributed by atoms with Crippen molar-refractivity contribution in [3.05, 3.63) is 83.5 Å². The van der Waals surface area contributed by atoms with E-state index >= 15 is 0 Å². The molecule has 0 unspecified atom stereocenters. The Labute approximate surface area is 184 Å². The van der Waals surface area contributed by atoms with Gasteiger partial charge in [0.1, 0.15) is 5.15 Å². The lowest BCUT2D eigenvalue weighted by molar-refractivity contribution is 0.144. The lowest BCUT2D eigenvalue weighted by Gasteiger charge is -2.42. The first-order valence-corrected chi connectivity index (χ1v) is 10.6. The summed E-state index contributed by atoms with van der Waals surface area (Å²) in [5.74, 6) is 0. The number of rotatable bonds is 4. The molecule has 0 spiro atoms. The maximum absolute atomic E-state index is 11.3. The summed E-state index contributed by atoms with van der Waals surface area (Å²) in [5.41, 5.74) is 5.84. The fraction of sp³-hybridized carbons (Fsp3) is 0.160. The van der Waals surface area contributed by atoms with E-state index in [1.54, 1.807) is 6.07 Å². The number of nitrogens with one attached hydrogen (secondary N) is 1. The van der Waals surface area contributed by atoms with E-state index in [4.69, 9.17) is 16.6 Å². The van der Waals surface area contributed by atoms with Gasteiger partial charge in [0.15, 0.2) is 0 Å². The van der Waals surface area contributed by atoms with E-state index in [1.807, 2.05) is 66.7 Å². The van der Waals surface area contributed by atoms with Gasteiger partial charge in [-0.1, -0.05) is 66.2 Å². The summed E-state index contributed by atoms with van der Waals surface area (Å²) in [5, 5.41) is 12.4. The number of pyridine rings is 2. The summed E-state index contributed by atoms with van der Waals surface area (Å²) in [6, 6.07) is 23.7. The van der Waals surface area contributed by atoms with Crippen molar-refractivity contribution in [3.63, 3.8) is 0 Å². The van der Waals surface area contributed by atoms with E-state index in [0.29, 0.717) is 5.15 Å². The summed E-state index contributed by atoms with van der Waals surface area (Å²) < 4.78 is 0. The van der Waals surface area contributed by atoms with Crippen molar-refractivity contribution in [2.75, 3.05) is 0 Å². The Morgan fingerprint density at radius 3 is 2.29 bits per heavy atom. The SMILES string of the molecule is O=C(O)NC1(c2ccc(-c3nc4ccc(Cl)nc4cc3-c3ccccc3)cc2)CCC1. The van der Waals surface area contributed by atoms with E-state index in [0.717, 1.165) is 58.2 Å². The van der Waals surface area contributed by atoms with Crippen LogP contribution in [0.15, 0.2) is 72.8 Å². The average molecular weight is 430 g/mol. The quantitative estimate of drug-likeness (QED) is 0.375. The minimum absolute atomic E-state index is 0.433. The van der Waals surface area contributed by atoms with Crippen LogP contribution in [-0.4, -0.2) is 21.2 Å². The number of hydrogen-bond acceptors (Lipinski definition) is 3. The summed E-state index contributed by atoms with van der Waals surface area (Å²) in [6.07, 6.45) is 1.66. The molecule has 5 nitrogen and oxygen atoms in total. The first-order chi connectivity index (χ1) is 15.0. The van der Waals surface area contributed by atoms with Crippen LogP contribution >= 0.6 is 11.6 Å². The second kappa shape index (κ2) is 7.67. The van der Waals surface area contributed by atoms with Crippen molar-refractivity contribution >= 4 is 28.7 Å². The molecule has 1 saturated carbocycles. The maximum atomic E-state index is 11.3. The molecule has 2 aromatic carbocycles. The van der Waals surface area contributed by atoms with E-state index in [9.17, 15) is 9.90 Å². The third-order valence-electron chi connectivity index (χ3n) is 5.99. The molecular weight excluding hydrogens is 410 g/mol. The topological polar surface area (TPSA) is 75.1 Å². The summed E-state index contributed by atoms with van der Waals surface area (Å²) in [4.78, 5) is 20.6. The molecule has 1 fully saturated rings. The Hall–Kier alpha value is -3.44. The van der Waals surface area contributed by atoms with Gasteiger partial charge >= 0.3 is 6.09 Å². The minimum Gasteiger partial charge on any atom is -0.465 e. The van der Waals surface area contributed by atoms with Gasteiger partial charge in [0.2, 0.25) is 0 Å². The van der Waals surface area contributed by atoms with Gasteiger partial charge in [0.05, 0.1) is 22.3 Å². The molecule has 0 aliphatic heterocycles. The number of halogens is 1. The fourth-order valence-electron chi connectivity index (χ4n) is 4.26. The van der Waals surface area contributed by atoms with E-state index in [2.05, 4.69) is 10.3 Å². The second-order valence-corrected chi connectivity index (χ2v) is 8.25. The number of fused-ring (bicyclic) bond motifs is 1. The molecule has 1 aliphatic rings. The molecule has 4 aromatic rings. The number of benzene rings is 2. The molecular formula is C25H20ClN3O2. The van der Waals surface area contributed by atoms with Crippen molar-refractivity contribution in [3.8, 4) is 22.4 Å². The maximum Gasteiger partial charge on any atom is 0.405 e. The van der Waals surface area contributed by atoms with Crippen LogP contribution in [0.1, 0.15) is 24.8 Å². The zero-order valence-electron chi connectivity index (χ0n) is 16.7. The molecule has 0 atom stereocenters. The molecule has 6 heteroatoms. The predicted octanol–water partition coefficient (Wildman–Crippen LogP) is 6.26. The van der Waals surface area contributed by atoms with Crippen LogP contribution in [0, 0.1) is 0 Å². The Kier molecular flexibility index (Phi) is 4.83. The van der Waals surface area contributed by atoms with Gasteiger partial charge in [-0.05, 0) is 48.6 Å². The molecule has 0 bridgehead atoms. The van der Waals surface area contributed by atoms with Crippen LogP contribution in [0.3, 0.4) is 0 Å². The number of aromatic nitrogens is 2. The Morgan fingerprint density at radius 2 is 1.65 bits per heavy atom. The van der Waals surface area contributed by atoms with Crippen LogP contribution in [0.2, 0.25) is 5.15 Å². The highest BCUT2D eigenvalue weighted by Gasteiger charge is 2.40.